The number of hydrogen-bond donors (Lipinski definition) is 0. The molecule has 0 radical (unpaired) electrons. The molecule has 2 atom stereocenters. The molecule has 0 aliphatic heterocycles. The van der Waals surface area contributed by atoms with E-state index in [9.17, 15) is 0 Å². The maximum absolute atomic E-state index is 2.47. The van der Waals surface area contributed by atoms with Crippen molar-refractivity contribution >= 4 is 17.7 Å². The van der Waals surface area contributed by atoms with E-state index < -0.39 is 44.8 Å². The summed E-state index contributed by atoms with van der Waals surface area (Å²) < 4.78 is 4.27. The average molecular weight is 1280 g/mol. The zero-order valence-electron chi connectivity index (χ0n) is 40.1. The van der Waals surface area contributed by atoms with Crippen LogP contribution in [0.2, 0.25) is 0 Å². The fourth-order valence-electron chi connectivity index (χ4n) is 11.0. The minimum absolute atomic E-state index is 0. The van der Waals surface area contributed by atoms with E-state index in [-0.39, 0.29) is 24.8 Å². The predicted octanol–water partition coefficient (Wildman–Crippen LogP) is 10.1. The van der Waals surface area contributed by atoms with Crippen molar-refractivity contribution in [3.8, 4) is 22.3 Å². The molecule has 0 spiro atoms. The van der Waals surface area contributed by atoms with Crippen molar-refractivity contribution in [3.05, 3.63) is 296 Å². The Morgan fingerprint density at radius 3 is 1.03 bits per heavy atom. The molecule has 4 aliphatic carbocycles. The van der Waals surface area contributed by atoms with E-state index in [1.807, 2.05) is 0 Å². The maximum atomic E-state index is 2.47. The molecule has 0 aromatic heterocycles. The van der Waals surface area contributed by atoms with Gasteiger partial charge in [0.25, 0.3) is 0 Å². The van der Waals surface area contributed by atoms with Gasteiger partial charge in [-0.1, -0.05) is 0 Å². The molecule has 0 saturated heterocycles. The monoisotopic (exact) mass is 1280 g/mol. The molecule has 2 unspecified atom stereocenters. The van der Waals surface area contributed by atoms with Crippen LogP contribution in [-0.4, -0.2) is 6.51 Å². The molecular formula is C66H54Cl2Hf2. The van der Waals surface area contributed by atoms with Gasteiger partial charge in [0.1, 0.15) is 0 Å². The Bertz CT molecular complexity index is 3100. The summed E-state index contributed by atoms with van der Waals surface area (Å²) >= 11 is -2.81. The van der Waals surface area contributed by atoms with Gasteiger partial charge in [-0.15, -0.1) is 0 Å². The first kappa shape index (κ1) is 49.7. The summed E-state index contributed by atoms with van der Waals surface area (Å²) in [6.45, 7) is 9.07. The summed E-state index contributed by atoms with van der Waals surface area (Å²) in [5.41, 5.74) is 29.3. The van der Waals surface area contributed by atoms with Crippen LogP contribution in [0.3, 0.4) is 0 Å². The van der Waals surface area contributed by atoms with Crippen molar-refractivity contribution in [2.45, 2.75) is 47.9 Å². The summed E-state index contributed by atoms with van der Waals surface area (Å²) in [6.07, 6.45) is 15.8. The standard InChI is InChI=1S/2C20H17.2C13H10.2ClH.2Hf/c2*1-13-7-9-17-16(11-13)12-19-18(17)10-8-14(2)20(19)15-5-3-4-6-15;2*1-3-7-12(8-4-1)11-13-9-5-2-6-10-13;;;;/h2*3-5,7-12H,6H2,1-2H3;2*1-10H;2*1H;;/q;;;;;;2*+1/p-2. The topological polar surface area (TPSA) is 0 Å². The van der Waals surface area contributed by atoms with E-state index in [1.54, 1.807) is 28.8 Å². The zero-order chi connectivity index (χ0) is 46.1. The summed E-state index contributed by atoms with van der Waals surface area (Å²) in [5.74, 6) is 0. The van der Waals surface area contributed by atoms with E-state index in [0.717, 1.165) is 12.8 Å². The van der Waals surface area contributed by atoms with Gasteiger partial charge in [0, 0.05) is 0 Å². The molecule has 0 saturated carbocycles. The molecule has 8 aromatic rings. The molecule has 0 bridgehead atoms. The van der Waals surface area contributed by atoms with Crippen LogP contribution in [0, 0.1) is 27.7 Å². The van der Waals surface area contributed by atoms with Gasteiger partial charge in [-0.3, -0.25) is 0 Å². The molecule has 0 N–H and O–H groups in total. The van der Waals surface area contributed by atoms with Crippen LogP contribution in [0.5, 0.6) is 0 Å². The van der Waals surface area contributed by atoms with Crippen LogP contribution in [0.1, 0.15) is 98.1 Å². The Hall–Kier alpha value is -5.22. The van der Waals surface area contributed by atoms with Crippen molar-refractivity contribution in [2.75, 3.05) is 0 Å². The van der Waals surface area contributed by atoms with Gasteiger partial charge < -0.3 is 24.8 Å². The third-order valence-corrected chi connectivity index (χ3v) is 26.7. The van der Waals surface area contributed by atoms with Gasteiger partial charge in [0.15, 0.2) is 0 Å². The van der Waals surface area contributed by atoms with E-state index in [2.05, 4.69) is 246 Å². The quantitative estimate of drug-likeness (QED) is 0.133. The first-order valence-corrected chi connectivity index (χ1v) is 31.8. The van der Waals surface area contributed by atoms with E-state index >= 15 is 0 Å². The molecule has 0 nitrogen and oxygen atoms in total. The fraction of sp³-hybridized carbons (Fsp3) is 0.121. The van der Waals surface area contributed by atoms with Gasteiger partial charge in [0.05, 0.1) is 0 Å². The Morgan fingerprint density at radius 2 is 0.714 bits per heavy atom. The Kier molecular flexibility index (Phi) is 15.7. The number of allylic oxidation sites excluding steroid dienone is 8. The van der Waals surface area contributed by atoms with Crippen molar-refractivity contribution in [2.24, 2.45) is 0 Å². The van der Waals surface area contributed by atoms with Crippen LogP contribution in [0.4, 0.5) is 0 Å². The van der Waals surface area contributed by atoms with Crippen molar-refractivity contribution < 1.29 is 69.7 Å². The summed E-state index contributed by atoms with van der Waals surface area (Å²) in [6, 6.07) is 68.2. The molecule has 340 valence electrons. The van der Waals surface area contributed by atoms with Gasteiger partial charge in [-0.2, -0.15) is 0 Å². The second-order valence-corrected chi connectivity index (χ2v) is 28.5. The molecule has 4 heteroatoms. The zero-order valence-corrected chi connectivity index (χ0v) is 48.8. The molecule has 70 heavy (non-hydrogen) atoms. The smallest absolute Gasteiger partial charge is 1.00 e. The van der Waals surface area contributed by atoms with E-state index in [0.29, 0.717) is 7.35 Å². The van der Waals surface area contributed by atoms with Crippen molar-refractivity contribution in [1.82, 2.24) is 0 Å². The third kappa shape index (κ3) is 9.75. The summed E-state index contributed by atoms with van der Waals surface area (Å²) in [5, 5.41) is 0. The molecule has 4 aliphatic rings. The van der Waals surface area contributed by atoms with Crippen LogP contribution >= 0.6 is 0 Å². The first-order chi connectivity index (χ1) is 33.4. The summed E-state index contributed by atoms with van der Waals surface area (Å²) in [4.78, 5) is 0. The van der Waals surface area contributed by atoms with Crippen LogP contribution in [0.25, 0.3) is 33.4 Å². The molecule has 0 heterocycles. The van der Waals surface area contributed by atoms with Gasteiger partial charge >= 0.3 is 429 Å². The number of benzene rings is 8. The van der Waals surface area contributed by atoms with E-state index in [1.165, 1.54) is 89.0 Å². The van der Waals surface area contributed by atoms with Gasteiger partial charge in [-0.05, 0) is 0 Å². The van der Waals surface area contributed by atoms with E-state index in [4.69, 9.17) is 0 Å². The maximum Gasteiger partial charge on any atom is -1.00 e. The average Bonchev–Trinajstić information content (AvgIpc) is 4.21. The Balaban J connectivity index is 0.000000169. The van der Waals surface area contributed by atoms with Gasteiger partial charge in [-0.25, -0.2) is 0 Å². The predicted molar refractivity (Wildman–Crippen MR) is 282 cm³/mol. The largest absolute Gasteiger partial charge is 1.00 e. The SMILES string of the molecule is Cc1ccc2c(c1)[CH]([Hf+]=[C](c1ccccc1)c1ccccc1)c1c-2ccc(C)c1C1=CC=CC1.Cc1ccc2c(c1)[CH]([Hf+]=[C](c1ccccc1)c1ccccc1)c1c-2ccc(C)c1C1=CC=CC1.[Cl-].[Cl-]. The van der Waals surface area contributed by atoms with Crippen LogP contribution in [0.15, 0.2) is 218 Å². The number of fused-ring (bicyclic) bond motifs is 6. The molecule has 0 amide bonds. The van der Waals surface area contributed by atoms with Crippen LogP contribution < -0.4 is 24.8 Å². The molecule has 8 aromatic carbocycles. The minimum Gasteiger partial charge on any atom is -1.00 e. The Labute approximate surface area is 449 Å². The number of rotatable bonds is 8. The number of aryl methyl sites for hydroxylation is 4. The van der Waals surface area contributed by atoms with Crippen molar-refractivity contribution in [3.63, 3.8) is 0 Å². The Morgan fingerprint density at radius 1 is 0.386 bits per heavy atom. The van der Waals surface area contributed by atoms with Crippen LogP contribution in [-0.2, 0) is 44.8 Å². The van der Waals surface area contributed by atoms with Crippen molar-refractivity contribution in [1.29, 1.82) is 0 Å². The van der Waals surface area contributed by atoms with Gasteiger partial charge in [0.2, 0.25) is 0 Å². The third-order valence-electron chi connectivity index (χ3n) is 14.1. The second-order valence-electron chi connectivity index (χ2n) is 18.6. The molecule has 0 fully saturated rings. The minimum atomic E-state index is -1.41. The molecule has 12 rings (SSSR count). The fourth-order valence-corrected chi connectivity index (χ4v) is 23.9. The second kappa shape index (κ2) is 22.0. The number of hydrogen-bond acceptors (Lipinski definition) is 0. The summed E-state index contributed by atoms with van der Waals surface area (Å²) in [7, 11) is 0. The molecular weight excluding hydrogens is 1220 g/mol. The number of halogens is 2. The normalized spacial score (nSPS) is 15.0. The first-order valence-electron chi connectivity index (χ1n) is 24.1.